The van der Waals surface area contributed by atoms with Gasteiger partial charge in [0.2, 0.25) is 0 Å². The second kappa shape index (κ2) is 22.9. The molecule has 5 nitrogen and oxygen atoms in total. The van der Waals surface area contributed by atoms with Crippen LogP contribution < -0.4 is 0 Å². The second-order valence-corrected chi connectivity index (χ2v) is 9.03. The van der Waals surface area contributed by atoms with E-state index in [4.69, 9.17) is 14.2 Å². The molecule has 5 heteroatoms. The molecule has 0 saturated carbocycles. The van der Waals surface area contributed by atoms with E-state index < -0.39 is 0 Å². The minimum atomic E-state index is -0.362. The minimum Gasteiger partial charge on any atom is -0.463 e. The maximum absolute atomic E-state index is 11.8. The van der Waals surface area contributed by atoms with Crippen molar-refractivity contribution in [1.29, 1.82) is 0 Å². The molecule has 0 atom stereocenters. The molecule has 0 aromatic heterocycles. The summed E-state index contributed by atoms with van der Waals surface area (Å²) in [5.74, 6) is -0.520. The Hall–Kier alpha value is -1.88. The molecule has 194 valence electrons. The van der Waals surface area contributed by atoms with Crippen LogP contribution >= 0.6 is 0 Å². The van der Waals surface area contributed by atoms with E-state index in [-0.39, 0.29) is 31.8 Å². The molecule has 1 rings (SSSR count). The summed E-state index contributed by atoms with van der Waals surface area (Å²) in [5.41, 5.74) is 0.523. The summed E-state index contributed by atoms with van der Waals surface area (Å²) in [4.78, 5) is 23.5. The molecule has 0 aliphatic heterocycles. The fraction of sp³-hybridized carbons (Fsp3) is 0.724. The van der Waals surface area contributed by atoms with Crippen molar-refractivity contribution in [2.24, 2.45) is 0 Å². The average molecular weight is 477 g/mol. The van der Waals surface area contributed by atoms with Gasteiger partial charge in [-0.1, -0.05) is 115 Å². The average Bonchev–Trinajstić information content (AvgIpc) is 2.86. The number of rotatable bonds is 23. The van der Waals surface area contributed by atoms with Gasteiger partial charge in [0.05, 0.1) is 18.8 Å². The Balaban J connectivity index is 1.77. The largest absolute Gasteiger partial charge is 0.463 e. The van der Waals surface area contributed by atoms with Crippen molar-refractivity contribution in [1.82, 2.24) is 0 Å². The first-order valence-corrected chi connectivity index (χ1v) is 13.7. The molecule has 0 radical (unpaired) electrons. The van der Waals surface area contributed by atoms with Crippen molar-refractivity contribution in [3.05, 3.63) is 35.9 Å². The van der Waals surface area contributed by atoms with Crippen LogP contribution in [0.1, 0.15) is 120 Å². The molecule has 34 heavy (non-hydrogen) atoms. The molecule has 0 unspecified atom stereocenters. The summed E-state index contributed by atoms with van der Waals surface area (Å²) >= 11 is 0. The molecule has 0 fully saturated rings. The van der Waals surface area contributed by atoms with Crippen molar-refractivity contribution < 1.29 is 23.8 Å². The number of unbranched alkanes of at least 4 members (excludes halogenated alkanes) is 14. The standard InChI is InChI=1S/C29H48O5/c1-2-3-4-5-6-7-8-9-10-11-12-13-14-15-19-22-28(30)33-25-23-32-24-26-34-29(31)27-20-17-16-18-21-27/h16-18,20-21H,2-15,19,22-26H2,1H3. The lowest BCUT2D eigenvalue weighted by atomic mass is 10.0. The summed E-state index contributed by atoms with van der Waals surface area (Å²) in [7, 11) is 0. The van der Waals surface area contributed by atoms with Crippen molar-refractivity contribution in [2.75, 3.05) is 26.4 Å². The van der Waals surface area contributed by atoms with E-state index in [0.29, 0.717) is 18.6 Å². The van der Waals surface area contributed by atoms with Gasteiger partial charge in [0.1, 0.15) is 13.2 Å². The van der Waals surface area contributed by atoms with Crippen LogP contribution in [0.4, 0.5) is 0 Å². The Morgan fingerprint density at radius 2 is 1.06 bits per heavy atom. The van der Waals surface area contributed by atoms with Gasteiger partial charge in [-0.25, -0.2) is 4.79 Å². The molecule has 1 aromatic rings. The molecule has 1 aromatic carbocycles. The summed E-state index contributed by atoms with van der Waals surface area (Å²) in [6.45, 7) is 3.29. The molecular weight excluding hydrogens is 428 g/mol. The highest BCUT2D eigenvalue weighted by atomic mass is 16.6. The molecule has 0 amide bonds. The minimum absolute atomic E-state index is 0.159. The number of carbonyl (C=O) groups excluding carboxylic acids is 2. The highest BCUT2D eigenvalue weighted by molar-refractivity contribution is 5.89. The number of esters is 2. The number of hydrogen-bond acceptors (Lipinski definition) is 5. The molecule has 0 aliphatic rings. The van der Waals surface area contributed by atoms with Crippen molar-refractivity contribution in [3.8, 4) is 0 Å². The summed E-state index contributed by atoms with van der Waals surface area (Å²) in [6, 6.07) is 8.85. The zero-order valence-corrected chi connectivity index (χ0v) is 21.6. The number of benzene rings is 1. The summed E-state index contributed by atoms with van der Waals surface area (Å²) in [6.07, 6.45) is 20.2. The van der Waals surface area contributed by atoms with Crippen LogP contribution in [0.25, 0.3) is 0 Å². The monoisotopic (exact) mass is 476 g/mol. The smallest absolute Gasteiger partial charge is 0.338 e. The lowest BCUT2D eigenvalue weighted by molar-refractivity contribution is -0.145. The number of ether oxygens (including phenoxy) is 3. The first-order valence-electron chi connectivity index (χ1n) is 13.7. The van der Waals surface area contributed by atoms with E-state index in [9.17, 15) is 9.59 Å². The lowest BCUT2D eigenvalue weighted by Gasteiger charge is -2.07. The van der Waals surface area contributed by atoms with Crippen LogP contribution in [0, 0.1) is 0 Å². The van der Waals surface area contributed by atoms with Crippen LogP contribution in [0.15, 0.2) is 30.3 Å². The van der Waals surface area contributed by atoms with E-state index in [1.807, 2.05) is 6.07 Å². The maximum atomic E-state index is 11.8. The first-order chi connectivity index (χ1) is 16.7. The quantitative estimate of drug-likeness (QED) is 0.120. The highest BCUT2D eigenvalue weighted by Gasteiger charge is 2.06. The molecule has 0 saturated heterocycles. The Kier molecular flexibility index (Phi) is 20.3. The molecule has 0 bridgehead atoms. The fourth-order valence-corrected chi connectivity index (χ4v) is 3.88. The first kappa shape index (κ1) is 30.2. The van der Waals surface area contributed by atoms with Gasteiger partial charge in [-0.2, -0.15) is 0 Å². The van der Waals surface area contributed by atoms with Gasteiger partial charge in [0.25, 0.3) is 0 Å². The predicted molar refractivity (Wildman–Crippen MR) is 138 cm³/mol. The molecule has 0 N–H and O–H groups in total. The molecule has 0 spiro atoms. The van der Waals surface area contributed by atoms with Crippen LogP contribution in [0.5, 0.6) is 0 Å². The van der Waals surface area contributed by atoms with Crippen molar-refractivity contribution >= 4 is 11.9 Å². The van der Waals surface area contributed by atoms with Gasteiger partial charge in [0.15, 0.2) is 0 Å². The zero-order valence-electron chi connectivity index (χ0n) is 21.6. The van der Waals surface area contributed by atoms with Crippen molar-refractivity contribution in [2.45, 2.75) is 110 Å². The highest BCUT2D eigenvalue weighted by Crippen LogP contribution is 2.13. The molecule has 0 heterocycles. The van der Waals surface area contributed by atoms with Crippen LogP contribution in [0.3, 0.4) is 0 Å². The number of hydrogen-bond donors (Lipinski definition) is 0. The zero-order chi connectivity index (χ0) is 24.5. The maximum Gasteiger partial charge on any atom is 0.338 e. The normalized spacial score (nSPS) is 10.9. The summed E-state index contributed by atoms with van der Waals surface area (Å²) in [5, 5.41) is 0. The van der Waals surface area contributed by atoms with Crippen LogP contribution in [-0.2, 0) is 19.0 Å². The SMILES string of the molecule is CCCCCCCCCCCCCCCCCC(=O)OCCOCCOC(=O)c1ccccc1. The van der Waals surface area contributed by atoms with Gasteiger partial charge in [-0.15, -0.1) is 0 Å². The third-order valence-electron chi connectivity index (χ3n) is 5.95. The lowest BCUT2D eigenvalue weighted by Crippen LogP contribution is -2.14. The van der Waals surface area contributed by atoms with Crippen LogP contribution in [-0.4, -0.2) is 38.4 Å². The molecular formula is C29H48O5. The van der Waals surface area contributed by atoms with E-state index >= 15 is 0 Å². The number of carbonyl (C=O) groups is 2. The van der Waals surface area contributed by atoms with E-state index in [0.717, 1.165) is 12.8 Å². The Labute approximate surface area is 207 Å². The Morgan fingerprint density at radius 1 is 0.588 bits per heavy atom. The second-order valence-electron chi connectivity index (χ2n) is 9.03. The third kappa shape index (κ3) is 18.5. The van der Waals surface area contributed by atoms with Gasteiger partial charge in [0, 0.05) is 6.42 Å². The van der Waals surface area contributed by atoms with E-state index in [1.165, 1.54) is 83.5 Å². The Morgan fingerprint density at radius 3 is 1.59 bits per heavy atom. The van der Waals surface area contributed by atoms with Gasteiger partial charge in [-0.3, -0.25) is 4.79 Å². The van der Waals surface area contributed by atoms with E-state index in [2.05, 4.69) is 6.92 Å². The summed E-state index contributed by atoms with van der Waals surface area (Å²) < 4.78 is 15.7. The fourth-order valence-electron chi connectivity index (χ4n) is 3.88. The Bertz CT molecular complexity index is 602. The topological polar surface area (TPSA) is 61.8 Å². The molecule has 0 aliphatic carbocycles. The van der Waals surface area contributed by atoms with Crippen LogP contribution in [0.2, 0.25) is 0 Å². The van der Waals surface area contributed by atoms with E-state index in [1.54, 1.807) is 24.3 Å². The third-order valence-corrected chi connectivity index (χ3v) is 5.95. The van der Waals surface area contributed by atoms with Crippen molar-refractivity contribution in [3.63, 3.8) is 0 Å². The predicted octanol–water partition coefficient (Wildman–Crippen LogP) is 7.66. The van der Waals surface area contributed by atoms with Gasteiger partial charge >= 0.3 is 11.9 Å². The van der Waals surface area contributed by atoms with Gasteiger partial charge in [-0.05, 0) is 18.6 Å². The van der Waals surface area contributed by atoms with Gasteiger partial charge < -0.3 is 14.2 Å².